The molecule has 0 aliphatic rings. The molecule has 2 N–H and O–H groups in total. The van der Waals surface area contributed by atoms with Gasteiger partial charge in [0.05, 0.1) is 0 Å². The molecule has 18 heavy (non-hydrogen) atoms. The number of anilines is 1. The fraction of sp³-hybridized carbons (Fsp3) is 0.500. The highest BCUT2D eigenvalue weighted by Gasteiger charge is 2.30. The van der Waals surface area contributed by atoms with Crippen LogP contribution in [0.15, 0.2) is 29.2 Å². The van der Waals surface area contributed by atoms with Crippen LogP contribution in [0.5, 0.6) is 0 Å². The van der Waals surface area contributed by atoms with Gasteiger partial charge in [-0.2, -0.15) is 13.2 Å². The molecule has 0 amide bonds. The van der Waals surface area contributed by atoms with Gasteiger partial charge in [0.2, 0.25) is 0 Å². The molecule has 0 aliphatic heterocycles. The molecule has 1 rings (SSSR count). The summed E-state index contributed by atoms with van der Waals surface area (Å²) < 4.78 is 37.1. The summed E-state index contributed by atoms with van der Waals surface area (Å²) >= 11 is -0.139. The summed E-state index contributed by atoms with van der Waals surface area (Å²) in [6.07, 6.45) is 0. The number of thioether (sulfide) groups is 1. The second-order valence-electron chi connectivity index (χ2n) is 4.72. The molecule has 102 valence electrons. The number of hydrogen-bond donors (Lipinski definition) is 2. The van der Waals surface area contributed by atoms with Gasteiger partial charge in [0.1, 0.15) is 0 Å². The number of benzene rings is 1. The fourth-order valence-electron chi connectivity index (χ4n) is 1.22. The van der Waals surface area contributed by atoms with Gasteiger partial charge in [-0.15, -0.1) is 0 Å². The van der Waals surface area contributed by atoms with E-state index in [0.717, 1.165) is 0 Å². The first-order valence-corrected chi connectivity index (χ1v) is 6.25. The molecule has 0 aliphatic carbocycles. The average Bonchev–Trinajstić information content (AvgIpc) is 2.26. The maximum Gasteiger partial charge on any atom is 0.446 e. The van der Waals surface area contributed by atoms with Crippen LogP contribution in [0.1, 0.15) is 13.8 Å². The minimum absolute atomic E-state index is 0.0332. The lowest BCUT2D eigenvalue weighted by Crippen LogP contribution is -2.27. The van der Waals surface area contributed by atoms with Crippen LogP contribution in [0.25, 0.3) is 0 Å². The van der Waals surface area contributed by atoms with Gasteiger partial charge >= 0.3 is 5.51 Å². The van der Waals surface area contributed by atoms with Gasteiger partial charge in [0, 0.05) is 29.1 Å². The predicted molar refractivity (Wildman–Crippen MR) is 67.7 cm³/mol. The van der Waals surface area contributed by atoms with E-state index >= 15 is 0 Å². The van der Waals surface area contributed by atoms with E-state index in [1.165, 1.54) is 6.07 Å². The van der Waals surface area contributed by atoms with Crippen LogP contribution < -0.4 is 5.32 Å². The maximum absolute atomic E-state index is 12.4. The molecule has 0 aromatic heterocycles. The van der Waals surface area contributed by atoms with Crippen LogP contribution in [-0.4, -0.2) is 23.8 Å². The summed E-state index contributed by atoms with van der Waals surface area (Å²) in [5, 5.41) is 12.0. The highest BCUT2D eigenvalue weighted by molar-refractivity contribution is 8.00. The van der Waals surface area contributed by atoms with E-state index in [0.29, 0.717) is 12.2 Å². The third-order valence-corrected chi connectivity index (χ3v) is 3.11. The van der Waals surface area contributed by atoms with Crippen molar-refractivity contribution in [2.75, 3.05) is 18.5 Å². The Bertz CT molecular complexity index is 393. The molecule has 0 saturated carbocycles. The van der Waals surface area contributed by atoms with Crippen molar-refractivity contribution in [2.24, 2.45) is 5.41 Å². The summed E-state index contributed by atoms with van der Waals surface area (Å²) in [6.45, 7) is 4.03. The number of aliphatic hydroxyl groups excluding tert-OH is 1. The quantitative estimate of drug-likeness (QED) is 0.806. The summed E-state index contributed by atoms with van der Waals surface area (Å²) in [7, 11) is 0. The highest BCUT2D eigenvalue weighted by atomic mass is 32.2. The summed E-state index contributed by atoms with van der Waals surface area (Å²) in [6, 6.07) is 6.26. The van der Waals surface area contributed by atoms with Crippen LogP contribution >= 0.6 is 11.8 Å². The molecule has 0 unspecified atom stereocenters. The number of aliphatic hydroxyl groups is 1. The average molecular weight is 279 g/mol. The van der Waals surface area contributed by atoms with Gasteiger partial charge in [-0.1, -0.05) is 26.0 Å². The van der Waals surface area contributed by atoms with Crippen molar-refractivity contribution >= 4 is 17.4 Å². The Kier molecular flexibility index (Phi) is 4.92. The minimum Gasteiger partial charge on any atom is -0.396 e. The van der Waals surface area contributed by atoms with Gasteiger partial charge in [-0.25, -0.2) is 0 Å². The molecule has 1 aromatic carbocycles. The SMILES string of the molecule is CC(C)(CO)CNc1ccccc1SC(F)(F)F. The van der Waals surface area contributed by atoms with Crippen LogP contribution in [0.3, 0.4) is 0 Å². The first-order valence-electron chi connectivity index (χ1n) is 5.43. The van der Waals surface area contributed by atoms with Crippen molar-refractivity contribution in [3.63, 3.8) is 0 Å². The molecule has 1 aromatic rings. The Hall–Kier alpha value is -0.880. The van der Waals surface area contributed by atoms with E-state index in [2.05, 4.69) is 5.32 Å². The highest BCUT2D eigenvalue weighted by Crippen LogP contribution is 2.40. The van der Waals surface area contributed by atoms with E-state index in [9.17, 15) is 13.2 Å². The second-order valence-corrected chi connectivity index (χ2v) is 5.83. The molecule has 2 nitrogen and oxygen atoms in total. The van der Waals surface area contributed by atoms with Crippen molar-refractivity contribution in [3.05, 3.63) is 24.3 Å². The van der Waals surface area contributed by atoms with Gasteiger partial charge in [0.25, 0.3) is 0 Å². The number of halogens is 3. The van der Waals surface area contributed by atoms with E-state index < -0.39 is 5.51 Å². The lowest BCUT2D eigenvalue weighted by molar-refractivity contribution is -0.0327. The lowest BCUT2D eigenvalue weighted by atomic mass is 9.95. The monoisotopic (exact) mass is 279 g/mol. The molecular formula is C12H16F3NOS. The third-order valence-electron chi connectivity index (χ3n) is 2.30. The van der Waals surface area contributed by atoms with E-state index in [1.807, 2.05) is 13.8 Å². The maximum atomic E-state index is 12.4. The molecule has 6 heteroatoms. The van der Waals surface area contributed by atoms with Crippen LogP contribution in [0.2, 0.25) is 0 Å². The first-order chi connectivity index (χ1) is 8.23. The van der Waals surface area contributed by atoms with Crippen LogP contribution in [-0.2, 0) is 0 Å². The Morgan fingerprint density at radius 3 is 2.39 bits per heavy atom. The van der Waals surface area contributed by atoms with E-state index in [4.69, 9.17) is 5.11 Å². The van der Waals surface area contributed by atoms with Crippen molar-refractivity contribution in [3.8, 4) is 0 Å². The Morgan fingerprint density at radius 1 is 1.22 bits per heavy atom. The number of nitrogens with one attached hydrogen (secondary N) is 1. The topological polar surface area (TPSA) is 32.3 Å². The molecule has 0 fully saturated rings. The van der Waals surface area contributed by atoms with Crippen molar-refractivity contribution in [2.45, 2.75) is 24.3 Å². The minimum atomic E-state index is -4.30. The van der Waals surface area contributed by atoms with Crippen molar-refractivity contribution < 1.29 is 18.3 Å². The molecule has 0 spiro atoms. The summed E-state index contributed by atoms with van der Waals surface area (Å²) in [4.78, 5) is 0.138. The number of hydrogen-bond acceptors (Lipinski definition) is 3. The largest absolute Gasteiger partial charge is 0.446 e. The standard InChI is InChI=1S/C12H16F3NOS/c1-11(2,8-17)7-16-9-5-3-4-6-10(9)18-12(13,14)15/h3-6,16-17H,7-8H2,1-2H3. The third kappa shape index (κ3) is 5.18. The van der Waals surface area contributed by atoms with Gasteiger partial charge in [-0.05, 0) is 23.9 Å². The zero-order valence-electron chi connectivity index (χ0n) is 10.2. The molecule has 0 bridgehead atoms. The molecule has 0 saturated heterocycles. The van der Waals surface area contributed by atoms with Gasteiger partial charge in [-0.3, -0.25) is 0 Å². The van der Waals surface area contributed by atoms with E-state index in [1.54, 1.807) is 18.2 Å². The Morgan fingerprint density at radius 2 is 1.83 bits per heavy atom. The van der Waals surface area contributed by atoms with Gasteiger partial charge < -0.3 is 10.4 Å². The first kappa shape index (κ1) is 15.2. The number of rotatable bonds is 5. The molecular weight excluding hydrogens is 263 g/mol. The molecule has 0 atom stereocenters. The summed E-state index contributed by atoms with van der Waals surface area (Å²) in [5.74, 6) is 0. The zero-order valence-corrected chi connectivity index (χ0v) is 11.0. The normalized spacial score (nSPS) is 12.6. The van der Waals surface area contributed by atoms with Crippen molar-refractivity contribution in [1.29, 1.82) is 0 Å². The van der Waals surface area contributed by atoms with Crippen molar-refractivity contribution in [1.82, 2.24) is 0 Å². The number of para-hydroxylation sites is 1. The lowest BCUT2D eigenvalue weighted by Gasteiger charge is -2.23. The predicted octanol–water partition coefficient (Wildman–Crippen LogP) is 3.73. The fourth-order valence-corrected chi connectivity index (χ4v) is 1.86. The second kappa shape index (κ2) is 5.84. The number of alkyl halides is 3. The molecule has 0 heterocycles. The Labute approximate surface area is 109 Å². The van der Waals surface area contributed by atoms with E-state index in [-0.39, 0.29) is 28.7 Å². The van der Waals surface area contributed by atoms with Crippen LogP contribution in [0, 0.1) is 5.41 Å². The Balaban J connectivity index is 2.77. The smallest absolute Gasteiger partial charge is 0.396 e. The zero-order chi connectivity index (χ0) is 13.8. The van der Waals surface area contributed by atoms with Gasteiger partial charge in [0.15, 0.2) is 0 Å². The molecule has 0 radical (unpaired) electrons. The summed E-state index contributed by atoms with van der Waals surface area (Å²) in [5.41, 5.74) is -4.25. The van der Waals surface area contributed by atoms with Crippen LogP contribution in [0.4, 0.5) is 18.9 Å².